The first-order valence-corrected chi connectivity index (χ1v) is 39.9. The van der Waals surface area contributed by atoms with Gasteiger partial charge in [0.15, 0.2) is 9.66 Å². The Morgan fingerprint density at radius 1 is 0.384 bits per heavy atom. The molecule has 8 rings (SSSR count). The molecule has 0 bridgehead atoms. The molecule has 10 heteroatoms. The molecular weight excluding hydrogens is 1030 g/mol. The van der Waals surface area contributed by atoms with Crippen molar-refractivity contribution in [2.24, 2.45) is 0 Å². The first-order valence-electron chi connectivity index (χ1n) is 30.6. The molecule has 6 atom stereocenters. The van der Waals surface area contributed by atoms with E-state index in [0.29, 0.717) is 0 Å². The van der Waals surface area contributed by atoms with Crippen LogP contribution in [0, 0.1) is 0 Å². The second-order valence-corrected chi connectivity index (χ2v) is 37.9. The number of thiazole rings is 2. The first kappa shape index (κ1) is 57.9. The summed E-state index contributed by atoms with van der Waals surface area (Å²) in [5.74, 6) is 0. The van der Waals surface area contributed by atoms with E-state index < -0.39 is 16.1 Å². The number of rotatable bonds is 37. The van der Waals surface area contributed by atoms with E-state index in [1.54, 1.807) is 24.7 Å². The minimum atomic E-state index is -2.13. The standard InChI is InChI=1S/C63H96N2S6Si2/c1-9-16-20-24-28-30-36-46(8)72(48(34-13-5)38-32-26-22-18-11-3)52-40-42-66-56(52)58-54(72)44-50(68-58)60-64-62-63(70-60)65-61(71-62)51-45-55-59(69-51)57-53(41-43-67-57)73(55,47(15-7)37-31-29-25-21-17-10-2)49(35-14-6)39-33-27-23-19-12-4/h40-49H,9-39H2,1-8H3. The van der Waals surface area contributed by atoms with Crippen molar-refractivity contribution in [2.75, 3.05) is 0 Å². The van der Waals surface area contributed by atoms with Crippen LogP contribution in [0.2, 0.25) is 22.2 Å². The second kappa shape index (κ2) is 28.6. The normalized spacial score (nSPS) is 18.6. The SMILES string of the molecule is CCCCCCCCC(C)[Si]1(C(CCC)CCCCCCC)c2ccsc2-c2sc(-c3nc4sc(-c5cc6c(s5)-c5sccc5[Si]6(C(CC)CCCCCCCC)C(CCC)CCCCCCC)nc4s3)cc21. The fraction of sp³-hybridized carbons (Fsp3) is 0.683. The highest BCUT2D eigenvalue weighted by Crippen LogP contribution is 2.55. The molecule has 0 radical (unpaired) electrons. The molecule has 6 aromatic heterocycles. The van der Waals surface area contributed by atoms with Gasteiger partial charge in [-0.1, -0.05) is 289 Å². The Morgan fingerprint density at radius 2 is 0.767 bits per heavy atom. The third kappa shape index (κ3) is 12.3. The van der Waals surface area contributed by atoms with Gasteiger partial charge in [-0.05, 0) is 65.8 Å². The molecule has 73 heavy (non-hydrogen) atoms. The summed E-state index contributed by atoms with van der Waals surface area (Å²) in [6.45, 7) is 19.7. The van der Waals surface area contributed by atoms with Gasteiger partial charge in [-0.2, -0.15) is 0 Å². The highest BCUT2D eigenvalue weighted by Gasteiger charge is 2.57. The summed E-state index contributed by atoms with van der Waals surface area (Å²) in [4.78, 5) is 22.8. The lowest BCUT2D eigenvalue weighted by Gasteiger charge is -2.43. The van der Waals surface area contributed by atoms with Crippen LogP contribution in [0.25, 0.3) is 48.9 Å². The molecular formula is C63H96N2S6Si2. The van der Waals surface area contributed by atoms with E-state index in [1.807, 2.05) is 49.6 Å². The molecule has 6 unspecified atom stereocenters. The molecule has 0 fully saturated rings. The van der Waals surface area contributed by atoms with Crippen LogP contribution in [0.5, 0.6) is 0 Å². The van der Waals surface area contributed by atoms with Crippen LogP contribution in [-0.2, 0) is 0 Å². The van der Waals surface area contributed by atoms with Gasteiger partial charge in [-0.3, -0.25) is 0 Å². The Morgan fingerprint density at radius 3 is 1.21 bits per heavy atom. The maximum Gasteiger partial charge on any atom is 0.155 e. The lowest BCUT2D eigenvalue weighted by molar-refractivity contribution is 0.538. The molecule has 8 heterocycles. The van der Waals surface area contributed by atoms with Gasteiger partial charge in [0.05, 0.1) is 9.75 Å². The highest BCUT2D eigenvalue weighted by atomic mass is 32.1. The van der Waals surface area contributed by atoms with Gasteiger partial charge in [0.1, 0.15) is 26.2 Å². The van der Waals surface area contributed by atoms with Crippen molar-refractivity contribution in [3.8, 4) is 39.3 Å². The summed E-state index contributed by atoms with van der Waals surface area (Å²) >= 11 is 12.1. The van der Waals surface area contributed by atoms with E-state index in [1.165, 1.54) is 219 Å². The van der Waals surface area contributed by atoms with E-state index in [0.717, 1.165) is 31.8 Å². The van der Waals surface area contributed by atoms with Crippen molar-refractivity contribution in [3.05, 3.63) is 35.0 Å². The predicted octanol–water partition coefficient (Wildman–Crippen LogP) is 22.2. The molecule has 0 amide bonds. The van der Waals surface area contributed by atoms with E-state index in [2.05, 4.69) is 124 Å². The molecule has 2 aliphatic heterocycles. The van der Waals surface area contributed by atoms with E-state index in [-0.39, 0.29) is 0 Å². The van der Waals surface area contributed by atoms with Gasteiger partial charge in [-0.15, -0.1) is 45.3 Å². The van der Waals surface area contributed by atoms with Crippen molar-refractivity contribution in [2.45, 2.75) is 277 Å². The van der Waals surface area contributed by atoms with Crippen molar-refractivity contribution < 1.29 is 0 Å². The van der Waals surface area contributed by atoms with Crippen LogP contribution in [0.15, 0.2) is 35.0 Å². The number of unbranched alkanes of at least 4 members (excludes halogenated alkanes) is 18. The number of aromatic nitrogens is 2. The smallest absolute Gasteiger partial charge is 0.155 e. The fourth-order valence-corrected chi connectivity index (χ4v) is 38.3. The zero-order valence-corrected chi connectivity index (χ0v) is 53.9. The van der Waals surface area contributed by atoms with Gasteiger partial charge in [0.25, 0.3) is 0 Å². The Balaban J connectivity index is 1.13. The molecule has 2 nitrogen and oxygen atoms in total. The molecule has 6 aromatic rings. The number of nitrogens with zero attached hydrogens (tertiary/aromatic N) is 2. The molecule has 0 saturated carbocycles. The zero-order valence-electron chi connectivity index (χ0n) is 47.0. The fourth-order valence-electron chi connectivity index (χ4n) is 14.6. The predicted molar refractivity (Wildman–Crippen MR) is 342 cm³/mol. The quantitative estimate of drug-likeness (QED) is 0.0287. The van der Waals surface area contributed by atoms with Crippen molar-refractivity contribution in [1.82, 2.24) is 9.97 Å². The van der Waals surface area contributed by atoms with Gasteiger partial charge in [0, 0.05) is 19.5 Å². The van der Waals surface area contributed by atoms with Gasteiger partial charge in [-0.25, -0.2) is 9.97 Å². The van der Waals surface area contributed by atoms with Crippen LogP contribution >= 0.6 is 68.0 Å². The molecule has 0 saturated heterocycles. The molecule has 402 valence electrons. The third-order valence-electron chi connectivity index (χ3n) is 18.1. The molecule has 2 aliphatic rings. The Kier molecular flexibility index (Phi) is 22.7. The summed E-state index contributed by atoms with van der Waals surface area (Å²) in [5, 5.41) is 14.6. The topological polar surface area (TPSA) is 25.8 Å². The summed E-state index contributed by atoms with van der Waals surface area (Å²) in [6.07, 6.45) is 42.7. The van der Waals surface area contributed by atoms with E-state index in [4.69, 9.17) is 9.97 Å². The monoisotopic (exact) mass is 1130 g/mol. The Labute approximate surface area is 471 Å². The summed E-state index contributed by atoms with van der Waals surface area (Å²) < 4.78 is 0. The number of thiophene rings is 4. The van der Waals surface area contributed by atoms with E-state index in [9.17, 15) is 0 Å². The average Bonchev–Trinajstić information content (AvgIpc) is 4.26. The minimum absolute atomic E-state index is 0.748. The van der Waals surface area contributed by atoms with Gasteiger partial charge >= 0.3 is 0 Å². The average molecular weight is 1130 g/mol. The number of fused-ring (bicyclic) bond motifs is 7. The molecule has 0 spiro atoms. The van der Waals surface area contributed by atoms with Crippen LogP contribution < -0.4 is 20.7 Å². The minimum Gasteiger partial charge on any atom is -0.222 e. The first-order chi connectivity index (χ1) is 35.9. The second-order valence-electron chi connectivity index (χ2n) is 22.9. The Bertz CT molecular complexity index is 2520. The molecule has 0 N–H and O–H groups in total. The van der Waals surface area contributed by atoms with Crippen LogP contribution in [-0.4, -0.2) is 26.1 Å². The maximum absolute atomic E-state index is 5.58. The lowest BCUT2D eigenvalue weighted by atomic mass is 10.1. The van der Waals surface area contributed by atoms with Gasteiger partial charge < -0.3 is 0 Å². The number of hydrogen-bond acceptors (Lipinski definition) is 8. The van der Waals surface area contributed by atoms with Crippen LogP contribution in [0.3, 0.4) is 0 Å². The van der Waals surface area contributed by atoms with Crippen LogP contribution in [0.1, 0.15) is 254 Å². The largest absolute Gasteiger partial charge is 0.222 e. The molecule has 0 aliphatic carbocycles. The summed E-state index contributed by atoms with van der Waals surface area (Å²) in [7, 11) is -4.23. The van der Waals surface area contributed by atoms with Crippen molar-refractivity contribution >= 4 is 115 Å². The van der Waals surface area contributed by atoms with Gasteiger partial charge in [0.2, 0.25) is 0 Å². The van der Waals surface area contributed by atoms with Crippen LogP contribution in [0.4, 0.5) is 0 Å². The highest BCUT2D eigenvalue weighted by molar-refractivity contribution is 7.35. The third-order valence-corrected chi connectivity index (χ3v) is 38.3. The van der Waals surface area contributed by atoms with E-state index >= 15 is 0 Å². The number of hydrogen-bond donors (Lipinski definition) is 0. The lowest BCUT2D eigenvalue weighted by Crippen LogP contribution is -2.61. The zero-order chi connectivity index (χ0) is 51.2. The molecule has 0 aromatic carbocycles. The maximum atomic E-state index is 5.58. The summed E-state index contributed by atoms with van der Waals surface area (Å²) in [6, 6.07) is 10.8. The Hall–Kier alpha value is -1.25. The van der Waals surface area contributed by atoms with Crippen molar-refractivity contribution in [1.29, 1.82) is 0 Å². The van der Waals surface area contributed by atoms with Crippen molar-refractivity contribution in [3.63, 3.8) is 0 Å². The summed E-state index contributed by atoms with van der Waals surface area (Å²) in [5.41, 5.74) is 3.16.